The summed E-state index contributed by atoms with van der Waals surface area (Å²) in [4.78, 5) is 0. The zero-order valence-corrected chi connectivity index (χ0v) is 11.2. The van der Waals surface area contributed by atoms with Crippen LogP contribution in [-0.4, -0.2) is 0 Å². The fraction of sp³-hybridized carbons (Fsp3) is 0.222. The molecule has 0 saturated carbocycles. The summed E-state index contributed by atoms with van der Waals surface area (Å²) in [5, 5.41) is 0. The molecule has 0 amide bonds. The summed E-state index contributed by atoms with van der Waals surface area (Å²) in [6.45, 7) is 8.62. The largest absolute Gasteiger partial charge is 0.0952 e. The van der Waals surface area contributed by atoms with Crippen molar-refractivity contribution >= 4 is 5.57 Å². The van der Waals surface area contributed by atoms with Gasteiger partial charge in [-0.3, -0.25) is 0 Å². The molecule has 0 aliphatic heterocycles. The zero-order chi connectivity index (χ0) is 13.0. The fourth-order valence-corrected chi connectivity index (χ4v) is 2.14. The molecule has 0 heterocycles. The minimum atomic E-state index is 0.659. The van der Waals surface area contributed by atoms with E-state index in [1.54, 1.807) is 0 Å². The molecule has 0 nitrogen and oxygen atoms in total. The smallest absolute Gasteiger partial charge is 0.0184 e. The van der Waals surface area contributed by atoms with Crippen molar-refractivity contribution in [3.8, 4) is 11.1 Å². The van der Waals surface area contributed by atoms with Gasteiger partial charge in [0.15, 0.2) is 0 Å². The highest BCUT2D eigenvalue weighted by Crippen LogP contribution is 2.24. The maximum Gasteiger partial charge on any atom is -0.0184 e. The third-order valence-electron chi connectivity index (χ3n) is 3.05. The summed E-state index contributed by atoms with van der Waals surface area (Å²) in [5.41, 5.74) is 5.00. The van der Waals surface area contributed by atoms with Crippen LogP contribution in [-0.2, 0) is 0 Å². The fourth-order valence-electron chi connectivity index (χ4n) is 2.14. The van der Waals surface area contributed by atoms with E-state index in [-0.39, 0.29) is 0 Å². The van der Waals surface area contributed by atoms with Gasteiger partial charge in [0.1, 0.15) is 0 Å². The first-order valence-corrected chi connectivity index (χ1v) is 6.50. The Morgan fingerprint density at radius 3 is 2.00 bits per heavy atom. The zero-order valence-electron chi connectivity index (χ0n) is 11.2. The third-order valence-corrected chi connectivity index (χ3v) is 3.05. The van der Waals surface area contributed by atoms with Gasteiger partial charge in [0, 0.05) is 0 Å². The lowest BCUT2D eigenvalue weighted by atomic mass is 9.96. The van der Waals surface area contributed by atoms with Crippen LogP contribution >= 0.6 is 0 Å². The Kier molecular flexibility index (Phi) is 3.99. The summed E-state index contributed by atoms with van der Waals surface area (Å²) < 4.78 is 0. The molecule has 18 heavy (non-hydrogen) atoms. The van der Waals surface area contributed by atoms with Crippen molar-refractivity contribution < 1.29 is 0 Å². The number of hydrogen-bond acceptors (Lipinski definition) is 0. The molecule has 0 bridgehead atoms. The van der Waals surface area contributed by atoms with Gasteiger partial charge >= 0.3 is 0 Å². The van der Waals surface area contributed by atoms with Crippen molar-refractivity contribution in [2.24, 2.45) is 5.92 Å². The van der Waals surface area contributed by atoms with E-state index < -0.39 is 0 Å². The van der Waals surface area contributed by atoms with Crippen LogP contribution in [0.4, 0.5) is 0 Å². The highest BCUT2D eigenvalue weighted by atomic mass is 14.1. The van der Waals surface area contributed by atoms with Gasteiger partial charge in [0.2, 0.25) is 0 Å². The molecule has 0 unspecified atom stereocenters. The topological polar surface area (TPSA) is 0 Å². The van der Waals surface area contributed by atoms with Crippen LogP contribution in [0.3, 0.4) is 0 Å². The second-order valence-electron chi connectivity index (χ2n) is 5.14. The molecule has 0 atom stereocenters. The van der Waals surface area contributed by atoms with E-state index in [1.807, 2.05) is 6.07 Å². The van der Waals surface area contributed by atoms with E-state index >= 15 is 0 Å². The van der Waals surface area contributed by atoms with Crippen LogP contribution in [0.1, 0.15) is 25.8 Å². The number of rotatable bonds is 4. The molecule has 0 aromatic heterocycles. The number of benzene rings is 2. The van der Waals surface area contributed by atoms with E-state index in [2.05, 4.69) is 69.0 Å². The molecule has 2 aromatic rings. The van der Waals surface area contributed by atoms with Crippen molar-refractivity contribution in [2.75, 3.05) is 0 Å². The molecule has 2 aromatic carbocycles. The molecule has 92 valence electrons. The summed E-state index contributed by atoms with van der Waals surface area (Å²) in [5.74, 6) is 0.659. The summed E-state index contributed by atoms with van der Waals surface area (Å²) in [7, 11) is 0. The quantitative estimate of drug-likeness (QED) is 0.665. The van der Waals surface area contributed by atoms with E-state index in [9.17, 15) is 0 Å². The molecule has 0 heteroatoms. The normalized spacial score (nSPS) is 10.6. The first-order chi connectivity index (χ1) is 8.66. The molecule has 2 rings (SSSR count). The van der Waals surface area contributed by atoms with Gasteiger partial charge in [-0.2, -0.15) is 0 Å². The summed E-state index contributed by atoms with van der Waals surface area (Å²) in [6, 6.07) is 19.2. The van der Waals surface area contributed by atoms with E-state index in [0.29, 0.717) is 5.92 Å². The molecular formula is C18H20. The van der Waals surface area contributed by atoms with Gasteiger partial charge in [-0.1, -0.05) is 75.0 Å². The molecule has 0 fully saturated rings. The summed E-state index contributed by atoms with van der Waals surface area (Å²) >= 11 is 0. The second-order valence-corrected chi connectivity index (χ2v) is 5.14. The standard InChI is InChI=1S/C18H20/c1-14(2)13-15(3)16-9-11-18(12-10-16)17-7-5-4-6-8-17/h4-12,14H,3,13H2,1-2H3. The number of hydrogen-bond donors (Lipinski definition) is 0. The van der Waals surface area contributed by atoms with Gasteiger partial charge < -0.3 is 0 Å². The molecule has 0 N–H and O–H groups in total. The molecule has 0 aliphatic rings. The Balaban J connectivity index is 2.18. The van der Waals surface area contributed by atoms with Crippen molar-refractivity contribution in [1.82, 2.24) is 0 Å². The van der Waals surface area contributed by atoms with Crippen molar-refractivity contribution in [1.29, 1.82) is 0 Å². The predicted octanol–water partition coefficient (Wildman–Crippen LogP) is 5.41. The molecule has 0 aliphatic carbocycles. The molecule has 0 spiro atoms. The molecule has 0 saturated heterocycles. The Morgan fingerprint density at radius 1 is 0.889 bits per heavy atom. The van der Waals surface area contributed by atoms with Crippen molar-refractivity contribution in [3.05, 3.63) is 66.7 Å². The lowest BCUT2D eigenvalue weighted by Gasteiger charge is -2.09. The van der Waals surface area contributed by atoms with Crippen LogP contribution in [0.2, 0.25) is 0 Å². The van der Waals surface area contributed by atoms with Gasteiger partial charge in [-0.25, -0.2) is 0 Å². The Labute approximate surface area is 110 Å². The van der Waals surface area contributed by atoms with Crippen LogP contribution < -0.4 is 0 Å². The van der Waals surface area contributed by atoms with Crippen molar-refractivity contribution in [3.63, 3.8) is 0 Å². The van der Waals surface area contributed by atoms with Gasteiger partial charge in [0.25, 0.3) is 0 Å². The summed E-state index contributed by atoms with van der Waals surface area (Å²) in [6.07, 6.45) is 1.06. The molecular weight excluding hydrogens is 216 g/mol. The molecule has 0 radical (unpaired) electrons. The van der Waals surface area contributed by atoms with Gasteiger partial charge in [0.05, 0.1) is 0 Å². The monoisotopic (exact) mass is 236 g/mol. The lowest BCUT2D eigenvalue weighted by molar-refractivity contribution is 0.674. The lowest BCUT2D eigenvalue weighted by Crippen LogP contribution is -1.90. The van der Waals surface area contributed by atoms with Crippen LogP contribution in [0.25, 0.3) is 16.7 Å². The predicted molar refractivity (Wildman–Crippen MR) is 80.4 cm³/mol. The Hall–Kier alpha value is -1.82. The van der Waals surface area contributed by atoms with Crippen LogP contribution in [0, 0.1) is 5.92 Å². The highest BCUT2D eigenvalue weighted by molar-refractivity contribution is 5.69. The minimum absolute atomic E-state index is 0.659. The minimum Gasteiger partial charge on any atom is -0.0952 e. The average molecular weight is 236 g/mol. The van der Waals surface area contributed by atoms with Crippen LogP contribution in [0.15, 0.2) is 61.2 Å². The SMILES string of the molecule is C=C(CC(C)C)c1ccc(-c2ccccc2)cc1. The second kappa shape index (κ2) is 5.68. The maximum atomic E-state index is 4.17. The first-order valence-electron chi connectivity index (χ1n) is 6.50. The van der Waals surface area contributed by atoms with Crippen molar-refractivity contribution in [2.45, 2.75) is 20.3 Å². The van der Waals surface area contributed by atoms with Crippen LogP contribution in [0.5, 0.6) is 0 Å². The van der Waals surface area contributed by atoms with Gasteiger partial charge in [-0.05, 0) is 34.6 Å². The third kappa shape index (κ3) is 3.10. The Morgan fingerprint density at radius 2 is 1.44 bits per heavy atom. The average Bonchev–Trinajstić information content (AvgIpc) is 2.39. The maximum absolute atomic E-state index is 4.17. The van der Waals surface area contributed by atoms with E-state index in [0.717, 1.165) is 6.42 Å². The van der Waals surface area contributed by atoms with E-state index in [1.165, 1.54) is 22.3 Å². The number of allylic oxidation sites excluding steroid dienone is 1. The van der Waals surface area contributed by atoms with E-state index in [4.69, 9.17) is 0 Å². The highest BCUT2D eigenvalue weighted by Gasteiger charge is 2.03. The first kappa shape index (κ1) is 12.6. The Bertz CT molecular complexity index is 503. The van der Waals surface area contributed by atoms with Gasteiger partial charge in [-0.15, -0.1) is 0 Å².